The molecule has 2 aromatic carbocycles. The normalized spacial score (nSPS) is 21.4. The average Bonchev–Trinajstić information content (AvgIpc) is 3.04. The van der Waals surface area contributed by atoms with Crippen molar-refractivity contribution in [3.8, 4) is 0 Å². The van der Waals surface area contributed by atoms with Gasteiger partial charge in [-0.15, -0.1) is 0 Å². The predicted molar refractivity (Wildman–Crippen MR) is 99.0 cm³/mol. The maximum absolute atomic E-state index is 13.2. The highest BCUT2D eigenvalue weighted by molar-refractivity contribution is 6.06. The van der Waals surface area contributed by atoms with E-state index in [2.05, 4.69) is 11.4 Å². The van der Waals surface area contributed by atoms with Crippen molar-refractivity contribution in [2.24, 2.45) is 0 Å². The van der Waals surface area contributed by atoms with Gasteiger partial charge in [-0.05, 0) is 30.7 Å². The van der Waals surface area contributed by atoms with Crippen molar-refractivity contribution in [2.45, 2.75) is 32.4 Å². The number of anilines is 3. The molecule has 0 aliphatic carbocycles. The molecule has 25 heavy (non-hydrogen) atoms. The maximum Gasteiger partial charge on any atom is 0.249 e. The van der Waals surface area contributed by atoms with E-state index in [1.165, 1.54) is 5.56 Å². The van der Waals surface area contributed by atoms with Crippen LogP contribution < -0.4 is 15.1 Å². The zero-order valence-electron chi connectivity index (χ0n) is 14.4. The number of nitrogens with zero attached hydrogens (tertiary/aromatic N) is 2. The second-order valence-electron chi connectivity index (χ2n) is 6.73. The second kappa shape index (κ2) is 5.92. The van der Waals surface area contributed by atoms with Gasteiger partial charge in [0, 0.05) is 25.6 Å². The summed E-state index contributed by atoms with van der Waals surface area (Å²) in [6.07, 6.45) is 0.693. The van der Waals surface area contributed by atoms with Gasteiger partial charge in [-0.25, -0.2) is 0 Å². The minimum Gasteiger partial charge on any atom is -0.373 e. The van der Waals surface area contributed by atoms with Crippen LogP contribution in [-0.4, -0.2) is 30.4 Å². The number of hydrogen-bond acceptors (Lipinski definition) is 3. The zero-order chi connectivity index (χ0) is 17.6. The molecule has 1 N–H and O–H groups in total. The van der Waals surface area contributed by atoms with Crippen molar-refractivity contribution in [3.63, 3.8) is 0 Å². The van der Waals surface area contributed by atoms with Crippen LogP contribution in [0.3, 0.4) is 0 Å². The van der Waals surface area contributed by atoms with Gasteiger partial charge in [-0.3, -0.25) is 9.59 Å². The fourth-order valence-electron chi connectivity index (χ4n) is 3.90. The van der Waals surface area contributed by atoms with Gasteiger partial charge in [0.15, 0.2) is 0 Å². The van der Waals surface area contributed by atoms with Crippen LogP contribution in [0.2, 0.25) is 0 Å². The SMILES string of the molecule is CC(=O)N1c2ccccc2N(C(=O)C2Cc3ccccc3N2)C[C@@H]1C. The third-order valence-corrected chi connectivity index (χ3v) is 4.99. The van der Waals surface area contributed by atoms with Gasteiger partial charge < -0.3 is 15.1 Å². The molecule has 0 fully saturated rings. The average molecular weight is 335 g/mol. The van der Waals surface area contributed by atoms with E-state index >= 15 is 0 Å². The molecule has 2 amide bonds. The van der Waals surface area contributed by atoms with Crippen LogP contribution in [-0.2, 0) is 16.0 Å². The van der Waals surface area contributed by atoms with Crippen LogP contribution in [0.15, 0.2) is 48.5 Å². The van der Waals surface area contributed by atoms with Crippen molar-refractivity contribution in [1.82, 2.24) is 0 Å². The van der Waals surface area contributed by atoms with E-state index in [4.69, 9.17) is 0 Å². The van der Waals surface area contributed by atoms with E-state index in [1.54, 1.807) is 11.8 Å². The zero-order valence-corrected chi connectivity index (χ0v) is 14.4. The highest BCUT2D eigenvalue weighted by atomic mass is 16.2. The van der Waals surface area contributed by atoms with Gasteiger partial charge in [-0.2, -0.15) is 0 Å². The van der Waals surface area contributed by atoms with E-state index in [0.717, 1.165) is 17.1 Å². The third-order valence-electron chi connectivity index (χ3n) is 4.99. The molecule has 1 unspecified atom stereocenters. The fraction of sp³-hybridized carbons (Fsp3) is 0.300. The maximum atomic E-state index is 13.2. The molecular formula is C20H21N3O2. The predicted octanol–water partition coefficient (Wildman–Crippen LogP) is 2.81. The standard InChI is InChI=1S/C20H21N3O2/c1-13-12-22(18-9-5-6-10-19(18)23(13)14(2)24)20(25)17-11-15-7-3-4-8-16(15)21-17/h3-10,13,17,21H,11-12H2,1-2H3/t13-,17?/m0/s1. The van der Waals surface area contributed by atoms with E-state index in [-0.39, 0.29) is 23.9 Å². The summed E-state index contributed by atoms with van der Waals surface area (Å²) >= 11 is 0. The summed E-state index contributed by atoms with van der Waals surface area (Å²) in [5.74, 6) is 0.0529. The molecule has 0 radical (unpaired) electrons. The molecule has 2 atom stereocenters. The van der Waals surface area contributed by atoms with Gasteiger partial charge in [-0.1, -0.05) is 30.3 Å². The Bertz CT molecular complexity index is 823. The molecule has 2 aliphatic rings. The molecule has 128 valence electrons. The van der Waals surface area contributed by atoms with Gasteiger partial charge in [0.2, 0.25) is 11.8 Å². The molecule has 2 aromatic rings. The largest absolute Gasteiger partial charge is 0.373 e. The Morgan fingerprint density at radius 2 is 1.72 bits per heavy atom. The number of rotatable bonds is 1. The summed E-state index contributed by atoms with van der Waals surface area (Å²) in [5, 5.41) is 3.34. The fourth-order valence-corrected chi connectivity index (χ4v) is 3.90. The molecule has 5 heteroatoms. The first-order valence-electron chi connectivity index (χ1n) is 8.61. The van der Waals surface area contributed by atoms with Crippen LogP contribution in [0, 0.1) is 0 Å². The Hall–Kier alpha value is -2.82. The molecular weight excluding hydrogens is 314 g/mol. The summed E-state index contributed by atoms with van der Waals surface area (Å²) in [7, 11) is 0. The summed E-state index contributed by atoms with van der Waals surface area (Å²) in [6, 6.07) is 15.3. The van der Waals surface area contributed by atoms with Crippen LogP contribution in [0.4, 0.5) is 17.1 Å². The highest BCUT2D eigenvalue weighted by Crippen LogP contribution is 2.37. The van der Waals surface area contributed by atoms with Crippen molar-refractivity contribution in [2.75, 3.05) is 21.7 Å². The van der Waals surface area contributed by atoms with Crippen LogP contribution in [0.1, 0.15) is 19.4 Å². The lowest BCUT2D eigenvalue weighted by Crippen LogP contribution is -2.54. The van der Waals surface area contributed by atoms with Gasteiger partial charge in [0.1, 0.15) is 6.04 Å². The molecule has 2 heterocycles. The number of nitrogens with one attached hydrogen (secondary N) is 1. The van der Waals surface area contributed by atoms with Crippen LogP contribution in [0.5, 0.6) is 0 Å². The quantitative estimate of drug-likeness (QED) is 0.872. The van der Waals surface area contributed by atoms with Crippen molar-refractivity contribution in [3.05, 3.63) is 54.1 Å². The van der Waals surface area contributed by atoms with Crippen molar-refractivity contribution < 1.29 is 9.59 Å². The molecule has 0 bridgehead atoms. The monoisotopic (exact) mass is 335 g/mol. The Morgan fingerprint density at radius 3 is 2.44 bits per heavy atom. The molecule has 0 saturated carbocycles. The first kappa shape index (κ1) is 15.7. The van der Waals surface area contributed by atoms with Crippen LogP contribution in [0.25, 0.3) is 0 Å². The Balaban J connectivity index is 1.66. The molecule has 2 aliphatic heterocycles. The highest BCUT2D eigenvalue weighted by Gasteiger charge is 2.37. The molecule has 5 nitrogen and oxygen atoms in total. The smallest absolute Gasteiger partial charge is 0.249 e. The Morgan fingerprint density at radius 1 is 1.04 bits per heavy atom. The van der Waals surface area contributed by atoms with Gasteiger partial charge >= 0.3 is 0 Å². The number of para-hydroxylation sites is 3. The van der Waals surface area contributed by atoms with Crippen LogP contribution >= 0.6 is 0 Å². The topological polar surface area (TPSA) is 52.7 Å². The first-order valence-corrected chi connectivity index (χ1v) is 8.61. The molecule has 0 saturated heterocycles. The number of fused-ring (bicyclic) bond motifs is 2. The Kier molecular flexibility index (Phi) is 3.71. The lowest BCUT2D eigenvalue weighted by Gasteiger charge is -2.41. The number of carbonyl (C=O) groups is 2. The van der Waals surface area contributed by atoms with E-state index in [0.29, 0.717) is 13.0 Å². The van der Waals surface area contributed by atoms with Gasteiger partial charge in [0.05, 0.1) is 17.4 Å². The first-order chi connectivity index (χ1) is 12.1. The lowest BCUT2D eigenvalue weighted by molar-refractivity contribution is -0.120. The summed E-state index contributed by atoms with van der Waals surface area (Å²) in [4.78, 5) is 28.9. The van der Waals surface area contributed by atoms with Gasteiger partial charge in [0.25, 0.3) is 0 Å². The third kappa shape index (κ3) is 2.56. The second-order valence-corrected chi connectivity index (χ2v) is 6.73. The summed E-state index contributed by atoms with van der Waals surface area (Å²) < 4.78 is 0. The van der Waals surface area contributed by atoms with E-state index < -0.39 is 0 Å². The van der Waals surface area contributed by atoms with E-state index in [9.17, 15) is 9.59 Å². The number of amides is 2. The lowest BCUT2D eigenvalue weighted by atomic mass is 10.0. The molecule has 4 rings (SSSR count). The minimum atomic E-state index is -0.262. The number of carbonyl (C=O) groups excluding carboxylic acids is 2. The molecule has 0 spiro atoms. The molecule has 0 aromatic heterocycles. The Labute approximate surface area is 147 Å². The minimum absolute atomic E-state index is 0.00144. The van der Waals surface area contributed by atoms with Crippen molar-refractivity contribution >= 4 is 28.9 Å². The summed E-state index contributed by atoms with van der Waals surface area (Å²) in [5.41, 5.74) is 3.81. The number of benzene rings is 2. The number of hydrogen-bond donors (Lipinski definition) is 1. The summed E-state index contributed by atoms with van der Waals surface area (Å²) in [6.45, 7) is 4.05. The van der Waals surface area contributed by atoms with Crippen molar-refractivity contribution in [1.29, 1.82) is 0 Å². The van der Waals surface area contributed by atoms with E-state index in [1.807, 2.05) is 54.3 Å².